The molecule has 0 amide bonds. The van der Waals surface area contributed by atoms with E-state index in [-0.39, 0.29) is 5.82 Å². The van der Waals surface area contributed by atoms with Crippen LogP contribution in [0.1, 0.15) is 13.3 Å². The molecule has 2 N–H and O–H groups in total. The molecular weight excluding hydrogens is 103 g/mol. The molecule has 1 atom stereocenters. The average Bonchev–Trinajstić information content (AvgIpc) is 1.67. The summed E-state index contributed by atoms with van der Waals surface area (Å²) in [7, 11) is -1.27. The normalized spacial score (nSPS) is 12.2. The molecule has 2 nitrogen and oxygen atoms in total. The van der Waals surface area contributed by atoms with Crippen molar-refractivity contribution in [3.05, 3.63) is 0 Å². The molecule has 0 aliphatic heterocycles. The van der Waals surface area contributed by atoms with E-state index in [1.165, 1.54) is 0 Å². The molecule has 0 aromatic carbocycles. The number of rotatable bonds is 2. The highest BCUT2D eigenvalue weighted by molar-refractivity contribution is 6.43. The second kappa shape index (κ2) is 3.53. The van der Waals surface area contributed by atoms with Gasteiger partial charge in [-0.25, -0.2) is 0 Å². The highest BCUT2D eigenvalue weighted by Gasteiger charge is 2.15. The van der Waals surface area contributed by atoms with E-state index in [0.29, 0.717) is 6.42 Å². The molecule has 0 rings (SSSR count). The van der Waals surface area contributed by atoms with Crippen LogP contribution in [0.5, 0.6) is 0 Å². The minimum atomic E-state index is -1.27. The standard InChI is InChI=1S/C5H9BO2/c1-3-4-5(2)6(7)8/h1,5,7-8H,4H2,2H3/t5-/m1/s1. The van der Waals surface area contributed by atoms with Crippen molar-refractivity contribution in [2.45, 2.75) is 19.2 Å². The van der Waals surface area contributed by atoms with Crippen LogP contribution in [0.15, 0.2) is 0 Å². The van der Waals surface area contributed by atoms with Crippen molar-refractivity contribution in [1.29, 1.82) is 0 Å². The van der Waals surface area contributed by atoms with Gasteiger partial charge in [0.1, 0.15) is 0 Å². The quantitative estimate of drug-likeness (QED) is 0.386. The predicted molar refractivity (Wildman–Crippen MR) is 33.1 cm³/mol. The molecular formula is C5H9BO2. The van der Waals surface area contributed by atoms with Crippen LogP contribution in [0.3, 0.4) is 0 Å². The van der Waals surface area contributed by atoms with Crippen molar-refractivity contribution in [3.8, 4) is 12.3 Å². The molecule has 0 aliphatic carbocycles. The van der Waals surface area contributed by atoms with E-state index in [1.807, 2.05) is 0 Å². The van der Waals surface area contributed by atoms with Crippen LogP contribution in [0.25, 0.3) is 0 Å². The first-order chi connectivity index (χ1) is 3.68. The van der Waals surface area contributed by atoms with E-state index in [2.05, 4.69) is 5.92 Å². The molecule has 0 saturated carbocycles. The fourth-order valence-electron chi connectivity index (χ4n) is 0.291. The van der Waals surface area contributed by atoms with Crippen molar-refractivity contribution in [2.75, 3.05) is 0 Å². The van der Waals surface area contributed by atoms with E-state index in [4.69, 9.17) is 16.5 Å². The summed E-state index contributed by atoms with van der Waals surface area (Å²) in [5.41, 5.74) is 0. The maximum absolute atomic E-state index is 8.41. The van der Waals surface area contributed by atoms with Gasteiger partial charge in [0.25, 0.3) is 0 Å². The highest BCUT2D eigenvalue weighted by Crippen LogP contribution is 2.07. The molecule has 0 heterocycles. The summed E-state index contributed by atoms with van der Waals surface area (Å²) in [6.45, 7) is 1.69. The van der Waals surface area contributed by atoms with Gasteiger partial charge in [-0.15, -0.1) is 12.3 Å². The Morgan fingerprint density at radius 1 is 1.75 bits per heavy atom. The molecule has 3 heteroatoms. The Morgan fingerprint density at radius 2 is 2.25 bits per heavy atom. The van der Waals surface area contributed by atoms with E-state index >= 15 is 0 Å². The maximum atomic E-state index is 8.41. The fourth-order valence-corrected chi connectivity index (χ4v) is 0.291. The number of terminal acetylenes is 1. The molecule has 0 spiro atoms. The third-order valence-corrected chi connectivity index (χ3v) is 0.949. The van der Waals surface area contributed by atoms with Gasteiger partial charge >= 0.3 is 7.12 Å². The lowest BCUT2D eigenvalue weighted by atomic mass is 9.73. The predicted octanol–water partition coefficient (Wildman–Crippen LogP) is -0.127. The Kier molecular flexibility index (Phi) is 3.33. The zero-order chi connectivity index (χ0) is 6.57. The molecule has 0 aromatic heterocycles. The van der Waals surface area contributed by atoms with Crippen molar-refractivity contribution >= 4 is 7.12 Å². The molecule has 0 saturated heterocycles. The second-order valence-electron chi connectivity index (χ2n) is 1.80. The minimum absolute atomic E-state index is 0.208. The topological polar surface area (TPSA) is 40.5 Å². The molecule has 0 fully saturated rings. The molecule has 0 bridgehead atoms. The summed E-state index contributed by atoms with van der Waals surface area (Å²) in [4.78, 5) is 0. The Morgan fingerprint density at radius 3 is 2.38 bits per heavy atom. The first-order valence-corrected chi connectivity index (χ1v) is 2.48. The van der Waals surface area contributed by atoms with Crippen LogP contribution in [0.4, 0.5) is 0 Å². The van der Waals surface area contributed by atoms with Gasteiger partial charge in [-0.1, -0.05) is 6.92 Å². The monoisotopic (exact) mass is 112 g/mol. The van der Waals surface area contributed by atoms with Crippen LogP contribution in [0.2, 0.25) is 5.82 Å². The van der Waals surface area contributed by atoms with Crippen LogP contribution < -0.4 is 0 Å². The Labute approximate surface area is 49.7 Å². The Bertz CT molecular complexity index is 95.1. The van der Waals surface area contributed by atoms with Gasteiger partial charge in [-0.05, 0) is 0 Å². The van der Waals surface area contributed by atoms with Gasteiger partial charge in [0.2, 0.25) is 0 Å². The average molecular weight is 112 g/mol. The molecule has 0 radical (unpaired) electrons. The second-order valence-corrected chi connectivity index (χ2v) is 1.80. The first-order valence-electron chi connectivity index (χ1n) is 2.48. The summed E-state index contributed by atoms with van der Waals surface area (Å²) in [5.74, 6) is 2.12. The number of hydrogen-bond acceptors (Lipinski definition) is 2. The Hall–Kier alpha value is -0.455. The van der Waals surface area contributed by atoms with E-state index in [9.17, 15) is 0 Å². The summed E-state index contributed by atoms with van der Waals surface area (Å²) in [5, 5.41) is 16.8. The molecule has 0 unspecified atom stereocenters. The summed E-state index contributed by atoms with van der Waals surface area (Å²) >= 11 is 0. The van der Waals surface area contributed by atoms with Crippen LogP contribution in [0, 0.1) is 12.3 Å². The summed E-state index contributed by atoms with van der Waals surface area (Å²) in [6.07, 6.45) is 5.31. The highest BCUT2D eigenvalue weighted by atomic mass is 16.4. The number of hydrogen-bond donors (Lipinski definition) is 2. The lowest BCUT2D eigenvalue weighted by Crippen LogP contribution is -2.16. The van der Waals surface area contributed by atoms with Gasteiger partial charge in [-0.3, -0.25) is 0 Å². The van der Waals surface area contributed by atoms with Gasteiger partial charge < -0.3 is 10.0 Å². The van der Waals surface area contributed by atoms with Crippen LogP contribution in [-0.4, -0.2) is 17.2 Å². The fraction of sp³-hybridized carbons (Fsp3) is 0.600. The van der Waals surface area contributed by atoms with Crippen molar-refractivity contribution in [3.63, 3.8) is 0 Å². The van der Waals surface area contributed by atoms with E-state index < -0.39 is 7.12 Å². The largest absolute Gasteiger partial charge is 0.455 e. The van der Waals surface area contributed by atoms with E-state index in [0.717, 1.165) is 0 Å². The zero-order valence-electron chi connectivity index (χ0n) is 4.83. The van der Waals surface area contributed by atoms with E-state index in [1.54, 1.807) is 6.92 Å². The van der Waals surface area contributed by atoms with Gasteiger partial charge in [0.15, 0.2) is 0 Å². The zero-order valence-corrected chi connectivity index (χ0v) is 4.83. The maximum Gasteiger partial charge on any atom is 0.455 e. The molecule has 8 heavy (non-hydrogen) atoms. The van der Waals surface area contributed by atoms with Crippen molar-refractivity contribution in [2.24, 2.45) is 0 Å². The SMILES string of the molecule is C#CC[C@@H](C)B(O)O. The smallest absolute Gasteiger partial charge is 0.427 e. The minimum Gasteiger partial charge on any atom is -0.427 e. The van der Waals surface area contributed by atoms with Crippen LogP contribution >= 0.6 is 0 Å². The Balaban J connectivity index is 3.35. The van der Waals surface area contributed by atoms with Crippen LogP contribution in [-0.2, 0) is 0 Å². The first kappa shape index (κ1) is 7.54. The molecule has 0 aromatic rings. The third-order valence-electron chi connectivity index (χ3n) is 0.949. The third kappa shape index (κ3) is 2.67. The van der Waals surface area contributed by atoms with Crippen molar-refractivity contribution < 1.29 is 10.0 Å². The molecule has 0 aliphatic rings. The van der Waals surface area contributed by atoms with Gasteiger partial charge in [0.05, 0.1) is 0 Å². The van der Waals surface area contributed by atoms with Gasteiger partial charge in [0, 0.05) is 12.2 Å². The summed E-state index contributed by atoms with van der Waals surface area (Å²) in [6, 6.07) is 0. The lowest BCUT2D eigenvalue weighted by molar-refractivity contribution is 0.389. The van der Waals surface area contributed by atoms with Gasteiger partial charge in [-0.2, -0.15) is 0 Å². The van der Waals surface area contributed by atoms with Crippen molar-refractivity contribution in [1.82, 2.24) is 0 Å². The summed E-state index contributed by atoms with van der Waals surface area (Å²) < 4.78 is 0. The lowest BCUT2D eigenvalue weighted by Gasteiger charge is -2.02. The molecule has 44 valence electrons.